The van der Waals surface area contributed by atoms with E-state index in [2.05, 4.69) is 0 Å². The Morgan fingerprint density at radius 2 is 0.556 bits per heavy atom. The van der Waals surface area contributed by atoms with E-state index >= 15 is 0 Å². The van der Waals surface area contributed by atoms with Gasteiger partial charge in [-0.2, -0.15) is 0 Å². The van der Waals surface area contributed by atoms with E-state index in [-0.39, 0.29) is 5.48 Å². The molecule has 0 amide bonds. The Kier molecular flexibility index (Phi) is 28.1. The van der Waals surface area contributed by atoms with E-state index in [1.54, 1.807) is 0 Å². The number of hydrogen-bond donors (Lipinski definition) is 0. The summed E-state index contributed by atoms with van der Waals surface area (Å²) < 4.78 is 0. The molecule has 0 aliphatic rings. The summed E-state index contributed by atoms with van der Waals surface area (Å²) in [6, 6.07) is 0. The second-order valence-electron chi connectivity index (χ2n) is 0.383. The van der Waals surface area contributed by atoms with Crippen molar-refractivity contribution in [2.45, 2.75) is 0 Å². The monoisotopic (exact) mass is 470 g/mol. The Balaban J connectivity index is -0.0000000720. The van der Waals surface area contributed by atoms with E-state index in [0.717, 1.165) is 0 Å². The van der Waals surface area contributed by atoms with E-state index in [1.165, 1.54) is 0 Å². The average Bonchev–Trinajstić information content (AvgIpc) is 1.25. The van der Waals surface area contributed by atoms with Crippen molar-refractivity contribution in [3.63, 3.8) is 0 Å². The summed E-state index contributed by atoms with van der Waals surface area (Å²) in [4.78, 5) is 0. The van der Waals surface area contributed by atoms with Crippen LogP contribution in [-0.2, 0) is 0 Å². The van der Waals surface area contributed by atoms with Crippen LogP contribution >= 0.6 is 53.0 Å². The zero-order valence-electron chi connectivity index (χ0n) is 3.66. The summed E-state index contributed by atoms with van der Waals surface area (Å²) in [6.07, 6.45) is 0. The van der Waals surface area contributed by atoms with E-state index < -0.39 is 33.6 Å². The zero-order chi connectivity index (χ0) is 7.15. The molecule has 9 heavy (non-hydrogen) atoms. The van der Waals surface area contributed by atoms with Crippen LogP contribution in [0, 0.1) is 0 Å². The van der Waals surface area contributed by atoms with Crippen LogP contribution in [0.15, 0.2) is 0 Å². The third-order valence-corrected chi connectivity index (χ3v) is 0. The average molecular weight is 474 g/mol. The van der Waals surface area contributed by atoms with Crippen LogP contribution in [0.5, 0.6) is 0 Å². The predicted molar refractivity (Wildman–Crippen MR) is 50.2 cm³/mol. The van der Waals surface area contributed by atoms with Crippen molar-refractivity contribution in [1.29, 1.82) is 0 Å². The molecule has 9 heteroatoms. The van der Waals surface area contributed by atoms with Crippen molar-refractivity contribution in [2.75, 3.05) is 0 Å². The van der Waals surface area contributed by atoms with Crippen LogP contribution in [0.2, 0.25) is 0 Å². The maximum atomic E-state index is 4.99. The fourth-order valence-electron chi connectivity index (χ4n) is 0. The van der Waals surface area contributed by atoms with Gasteiger partial charge in [0.25, 0.3) is 0 Å². The summed E-state index contributed by atoms with van der Waals surface area (Å²) in [5, 5.41) is 0. The van der Waals surface area contributed by atoms with Crippen LogP contribution < -0.4 is 0 Å². The minimum absolute atomic E-state index is 0. The van der Waals surface area contributed by atoms with Gasteiger partial charge in [0.2, 0.25) is 0 Å². The Labute approximate surface area is 90.2 Å². The Morgan fingerprint density at radius 1 is 0.556 bits per heavy atom. The molecule has 0 aromatic carbocycles. The standard InChI is InChI=1S/6ClH.H2O.2Sb/h6*1H;1H2;;/q;;;;;;;2*+3/p-6. The normalized spacial score (nSPS) is 8.00. The molecule has 0 aromatic rings. The van der Waals surface area contributed by atoms with Gasteiger partial charge in [-0.15, -0.1) is 0 Å². The zero-order valence-corrected chi connectivity index (χ0v) is 13.3. The number of hydrogen-bond acceptors (Lipinski definition) is 0. The Morgan fingerprint density at radius 3 is 0.556 bits per heavy atom. The van der Waals surface area contributed by atoms with E-state index in [1.807, 2.05) is 0 Å². The fourth-order valence-corrected chi connectivity index (χ4v) is 0. The second-order valence-corrected chi connectivity index (χ2v) is 23.1. The molecule has 0 bridgehead atoms. The molecule has 0 saturated carbocycles. The van der Waals surface area contributed by atoms with Crippen molar-refractivity contribution >= 4 is 86.5 Å². The summed E-state index contributed by atoms with van der Waals surface area (Å²) in [6.45, 7) is 0. The van der Waals surface area contributed by atoms with E-state index in [4.69, 9.17) is 53.0 Å². The molecule has 0 aliphatic heterocycles. The van der Waals surface area contributed by atoms with Crippen molar-refractivity contribution in [1.82, 2.24) is 0 Å². The van der Waals surface area contributed by atoms with Gasteiger partial charge < -0.3 is 5.48 Å². The first-order chi connectivity index (χ1) is 3.46. The van der Waals surface area contributed by atoms with Crippen molar-refractivity contribution in [3.05, 3.63) is 0 Å². The fraction of sp³-hybridized carbons (Fsp3) is 0. The quantitative estimate of drug-likeness (QED) is 0.484. The van der Waals surface area contributed by atoms with Gasteiger partial charge in [0.1, 0.15) is 0 Å². The molecule has 0 fully saturated rings. The third kappa shape index (κ3) is 88.8. The van der Waals surface area contributed by atoms with Gasteiger partial charge in [-0.25, -0.2) is 0 Å². The second kappa shape index (κ2) is 13.9. The van der Waals surface area contributed by atoms with E-state index in [9.17, 15) is 0 Å². The van der Waals surface area contributed by atoms with Gasteiger partial charge in [-0.05, 0) is 0 Å². The molecule has 0 unspecified atom stereocenters. The first kappa shape index (κ1) is 18.2. The molecule has 1 nitrogen and oxygen atoms in total. The Hall–Kier alpha value is 3.34. The summed E-state index contributed by atoms with van der Waals surface area (Å²) in [5.74, 6) is 0. The molecular weight excluding hydrogens is 472 g/mol. The van der Waals surface area contributed by atoms with Crippen molar-refractivity contribution < 1.29 is 5.48 Å². The summed E-state index contributed by atoms with van der Waals surface area (Å²) >= 11 is -4.07. The molecule has 2 N–H and O–H groups in total. The summed E-state index contributed by atoms with van der Waals surface area (Å²) in [5.41, 5.74) is 0. The molecule has 0 spiro atoms. The molecule has 0 saturated heterocycles. The topological polar surface area (TPSA) is 31.5 Å². The predicted octanol–water partition coefficient (Wildman–Crippen LogP) is 2.55. The Bertz CT molecular complexity index is 26.5. The SMILES string of the molecule is O.[Cl][Sb]([Cl])[Cl].[Cl][Sb]([Cl])[Cl]. The summed E-state index contributed by atoms with van der Waals surface area (Å²) in [7, 11) is 29.9. The van der Waals surface area contributed by atoms with Gasteiger partial charge in [-0.3, -0.25) is 0 Å². The molecular formula is H2Cl6OSb2. The number of halogens is 6. The molecule has 0 radical (unpaired) electrons. The first-order valence-corrected chi connectivity index (χ1v) is 20.4. The van der Waals surface area contributed by atoms with Gasteiger partial charge >= 0.3 is 86.5 Å². The van der Waals surface area contributed by atoms with Crippen LogP contribution in [0.3, 0.4) is 0 Å². The molecule has 0 heterocycles. The van der Waals surface area contributed by atoms with Crippen LogP contribution in [0.4, 0.5) is 0 Å². The molecule has 0 aromatic heterocycles. The van der Waals surface area contributed by atoms with Gasteiger partial charge in [0, 0.05) is 0 Å². The van der Waals surface area contributed by atoms with Crippen molar-refractivity contribution in [2.24, 2.45) is 0 Å². The first-order valence-electron chi connectivity index (χ1n) is 1.01. The molecule has 0 atom stereocenters. The van der Waals surface area contributed by atoms with Crippen molar-refractivity contribution in [3.8, 4) is 0 Å². The maximum absolute atomic E-state index is 4.99. The van der Waals surface area contributed by atoms with Crippen LogP contribution in [0.1, 0.15) is 0 Å². The van der Waals surface area contributed by atoms with E-state index in [0.29, 0.717) is 0 Å². The number of rotatable bonds is 0. The van der Waals surface area contributed by atoms with Gasteiger partial charge in [0.05, 0.1) is 0 Å². The molecule has 60 valence electrons. The molecule has 0 rings (SSSR count). The van der Waals surface area contributed by atoms with Crippen LogP contribution in [-0.4, -0.2) is 39.0 Å². The molecule has 0 aliphatic carbocycles. The van der Waals surface area contributed by atoms with Crippen LogP contribution in [0.25, 0.3) is 0 Å². The minimum atomic E-state index is -2.03. The van der Waals surface area contributed by atoms with Gasteiger partial charge in [-0.1, -0.05) is 0 Å². The third-order valence-electron chi connectivity index (χ3n) is 0. The van der Waals surface area contributed by atoms with Gasteiger partial charge in [0.15, 0.2) is 0 Å².